The quantitative estimate of drug-likeness (QED) is 0.455. The van der Waals surface area contributed by atoms with E-state index in [1.165, 1.54) is 0 Å². The summed E-state index contributed by atoms with van der Waals surface area (Å²) in [5.74, 6) is -1.83. The smallest absolute Gasteiger partial charge is 0.407 e. The fraction of sp³-hybridized carbons (Fsp3) is 0.375. The summed E-state index contributed by atoms with van der Waals surface area (Å²) in [5.41, 5.74) is 2.04. The first-order valence-electron chi connectivity index (χ1n) is 10.3. The highest BCUT2D eigenvalue weighted by Crippen LogP contribution is 2.19. The molecule has 2 aromatic rings. The van der Waals surface area contributed by atoms with Gasteiger partial charge >= 0.3 is 18.0 Å². The van der Waals surface area contributed by atoms with Gasteiger partial charge in [-0.3, -0.25) is 0 Å². The molecule has 7 nitrogen and oxygen atoms in total. The van der Waals surface area contributed by atoms with Crippen LogP contribution in [0.5, 0.6) is 0 Å². The minimum absolute atomic E-state index is 0.0956. The fourth-order valence-electron chi connectivity index (χ4n) is 2.97. The average Bonchev–Trinajstić information content (AvgIpc) is 2.78. The molecule has 1 amide bonds. The normalized spacial score (nSPS) is 12.4. The monoisotopic (exact) mass is 427 g/mol. The molecule has 166 valence electrons. The molecule has 7 heteroatoms. The lowest BCUT2D eigenvalue weighted by atomic mass is 10.00. The first-order valence-corrected chi connectivity index (χ1v) is 10.3. The number of carbonyl (C=O) groups excluding carboxylic acids is 3. The molecular formula is C24H29NO6. The van der Waals surface area contributed by atoms with Crippen LogP contribution in [0.15, 0.2) is 54.6 Å². The van der Waals surface area contributed by atoms with Crippen molar-refractivity contribution in [2.45, 2.75) is 39.8 Å². The summed E-state index contributed by atoms with van der Waals surface area (Å²) < 4.78 is 15.9. The minimum Gasteiger partial charge on any atom is -0.463 e. The van der Waals surface area contributed by atoms with Gasteiger partial charge in [-0.15, -0.1) is 0 Å². The van der Waals surface area contributed by atoms with Crippen LogP contribution in [0.2, 0.25) is 0 Å². The number of aryl methyl sites for hydroxylation is 1. The molecule has 31 heavy (non-hydrogen) atoms. The van der Waals surface area contributed by atoms with E-state index in [0.717, 1.165) is 11.1 Å². The van der Waals surface area contributed by atoms with Crippen LogP contribution in [0.4, 0.5) is 4.79 Å². The van der Waals surface area contributed by atoms with Crippen LogP contribution in [0.3, 0.4) is 0 Å². The molecule has 2 atom stereocenters. The van der Waals surface area contributed by atoms with Crippen molar-refractivity contribution in [2.75, 3.05) is 13.2 Å². The zero-order chi connectivity index (χ0) is 22.6. The maximum Gasteiger partial charge on any atom is 0.407 e. The molecule has 0 bridgehead atoms. The van der Waals surface area contributed by atoms with Gasteiger partial charge in [0, 0.05) is 12.5 Å². The highest BCUT2D eigenvalue weighted by atomic mass is 16.6. The van der Waals surface area contributed by atoms with Crippen molar-refractivity contribution < 1.29 is 28.6 Å². The summed E-state index contributed by atoms with van der Waals surface area (Å²) in [6.07, 6.45) is -1.36. The number of alkyl carbamates (subject to hydrolysis) is 1. The molecule has 0 aliphatic rings. The van der Waals surface area contributed by atoms with Gasteiger partial charge in [-0.2, -0.15) is 0 Å². The third-order valence-corrected chi connectivity index (χ3v) is 4.78. The largest absolute Gasteiger partial charge is 0.463 e. The van der Waals surface area contributed by atoms with Crippen LogP contribution in [-0.4, -0.2) is 37.3 Å². The highest BCUT2D eigenvalue weighted by Gasteiger charge is 2.34. The first-order chi connectivity index (χ1) is 15.0. The Hall–Kier alpha value is -3.35. The number of amides is 1. The van der Waals surface area contributed by atoms with Crippen molar-refractivity contribution in [3.63, 3.8) is 0 Å². The maximum absolute atomic E-state index is 12.7. The molecule has 0 fully saturated rings. The van der Waals surface area contributed by atoms with E-state index in [9.17, 15) is 14.4 Å². The lowest BCUT2D eigenvalue weighted by molar-refractivity contribution is -0.157. The van der Waals surface area contributed by atoms with Gasteiger partial charge in [0.05, 0.1) is 12.2 Å². The van der Waals surface area contributed by atoms with Crippen molar-refractivity contribution in [3.8, 4) is 0 Å². The summed E-state index contributed by atoms with van der Waals surface area (Å²) in [6.45, 7) is 5.65. The van der Waals surface area contributed by atoms with Crippen molar-refractivity contribution in [3.05, 3.63) is 71.3 Å². The summed E-state index contributed by atoms with van der Waals surface area (Å²) >= 11 is 0. The molecule has 0 spiro atoms. The Labute approximate surface area is 182 Å². The van der Waals surface area contributed by atoms with Crippen molar-refractivity contribution >= 4 is 18.0 Å². The molecule has 0 heterocycles. The minimum atomic E-state index is -1.18. The van der Waals surface area contributed by atoms with Gasteiger partial charge in [0.2, 0.25) is 6.10 Å². The second kappa shape index (κ2) is 12.4. The van der Waals surface area contributed by atoms with Crippen LogP contribution in [0.25, 0.3) is 0 Å². The predicted molar refractivity (Wildman–Crippen MR) is 115 cm³/mol. The Balaban J connectivity index is 2.01. The van der Waals surface area contributed by atoms with E-state index >= 15 is 0 Å². The molecule has 0 saturated carbocycles. The van der Waals surface area contributed by atoms with Crippen molar-refractivity contribution in [2.24, 2.45) is 5.92 Å². The van der Waals surface area contributed by atoms with E-state index in [4.69, 9.17) is 14.2 Å². The summed E-state index contributed by atoms with van der Waals surface area (Å²) in [5, 5.41) is 2.66. The van der Waals surface area contributed by atoms with Crippen LogP contribution >= 0.6 is 0 Å². The number of rotatable bonds is 10. The number of esters is 2. The van der Waals surface area contributed by atoms with Gasteiger partial charge in [0.1, 0.15) is 6.61 Å². The number of benzene rings is 2. The Kier molecular flexibility index (Phi) is 9.55. The summed E-state index contributed by atoms with van der Waals surface area (Å²) in [7, 11) is 0. The number of carbonyl (C=O) groups is 3. The molecular weight excluding hydrogens is 398 g/mol. The topological polar surface area (TPSA) is 90.9 Å². The predicted octanol–water partition coefficient (Wildman–Crippen LogP) is 4.04. The third kappa shape index (κ3) is 7.44. The van der Waals surface area contributed by atoms with Crippen LogP contribution in [0.1, 0.15) is 41.8 Å². The van der Waals surface area contributed by atoms with E-state index in [2.05, 4.69) is 5.32 Å². The highest BCUT2D eigenvalue weighted by molar-refractivity contribution is 5.92. The zero-order valence-electron chi connectivity index (χ0n) is 18.1. The molecule has 0 aliphatic heterocycles. The SMILES string of the molecule is CCOC(=O)C(OC(=O)c1ccccc1C)C(CC)COC(=O)NCc1ccccc1. The van der Waals surface area contributed by atoms with Gasteiger partial charge in [-0.25, -0.2) is 14.4 Å². The molecule has 0 aromatic heterocycles. The first kappa shape index (κ1) is 23.9. The zero-order valence-corrected chi connectivity index (χ0v) is 18.1. The Bertz CT molecular complexity index is 867. The molecule has 0 aliphatic carbocycles. The number of ether oxygens (including phenoxy) is 3. The number of hydrogen-bond acceptors (Lipinski definition) is 6. The third-order valence-electron chi connectivity index (χ3n) is 4.78. The summed E-state index contributed by atoms with van der Waals surface area (Å²) in [6, 6.07) is 16.4. The second-order valence-corrected chi connectivity index (χ2v) is 7.00. The van der Waals surface area contributed by atoms with Gasteiger partial charge in [0.25, 0.3) is 0 Å². The summed E-state index contributed by atoms with van der Waals surface area (Å²) in [4.78, 5) is 37.2. The second-order valence-electron chi connectivity index (χ2n) is 7.00. The molecule has 2 aromatic carbocycles. The average molecular weight is 427 g/mol. The fourth-order valence-corrected chi connectivity index (χ4v) is 2.97. The maximum atomic E-state index is 12.7. The Morgan fingerprint density at radius 3 is 2.26 bits per heavy atom. The van der Waals surface area contributed by atoms with Crippen molar-refractivity contribution in [1.82, 2.24) is 5.32 Å². The van der Waals surface area contributed by atoms with Crippen LogP contribution in [-0.2, 0) is 25.5 Å². The lowest BCUT2D eigenvalue weighted by Crippen LogP contribution is -2.39. The van der Waals surface area contributed by atoms with Crippen LogP contribution in [0, 0.1) is 12.8 Å². The van der Waals surface area contributed by atoms with E-state index in [-0.39, 0.29) is 13.2 Å². The van der Waals surface area contributed by atoms with E-state index in [1.807, 2.05) is 43.3 Å². The van der Waals surface area contributed by atoms with Gasteiger partial charge in [-0.1, -0.05) is 55.5 Å². The van der Waals surface area contributed by atoms with E-state index < -0.39 is 30.1 Å². The molecule has 0 saturated heterocycles. The molecule has 1 N–H and O–H groups in total. The molecule has 2 rings (SSSR count). The molecule has 2 unspecified atom stereocenters. The molecule has 0 radical (unpaired) electrons. The van der Waals surface area contributed by atoms with Crippen molar-refractivity contribution in [1.29, 1.82) is 0 Å². The standard InChI is InChI=1S/C24H29NO6/c1-4-19(16-30-24(28)25-15-18-12-7-6-8-13-18)21(23(27)29-5-2)31-22(26)20-14-10-9-11-17(20)3/h6-14,19,21H,4-5,15-16H2,1-3H3,(H,25,28). The number of hydrogen-bond donors (Lipinski definition) is 1. The Morgan fingerprint density at radius 2 is 1.61 bits per heavy atom. The van der Waals surface area contributed by atoms with Crippen LogP contribution < -0.4 is 5.32 Å². The number of nitrogens with one attached hydrogen (secondary N) is 1. The van der Waals surface area contributed by atoms with E-state index in [1.54, 1.807) is 32.0 Å². The Morgan fingerprint density at radius 1 is 0.935 bits per heavy atom. The van der Waals surface area contributed by atoms with Gasteiger partial charge in [0.15, 0.2) is 0 Å². The van der Waals surface area contributed by atoms with E-state index in [0.29, 0.717) is 18.5 Å². The lowest BCUT2D eigenvalue weighted by Gasteiger charge is -2.24. The van der Waals surface area contributed by atoms with Gasteiger partial charge in [-0.05, 0) is 37.5 Å². The van der Waals surface area contributed by atoms with Gasteiger partial charge < -0.3 is 19.5 Å².